The molecule has 22 heavy (non-hydrogen) atoms. The lowest BCUT2D eigenvalue weighted by Gasteiger charge is -2.34. The van der Waals surface area contributed by atoms with Crippen LogP contribution in [0, 0.1) is 0 Å². The van der Waals surface area contributed by atoms with Crippen molar-refractivity contribution in [2.75, 3.05) is 26.2 Å². The van der Waals surface area contributed by atoms with E-state index in [2.05, 4.69) is 19.9 Å². The molecule has 0 aliphatic carbocycles. The zero-order valence-electron chi connectivity index (χ0n) is 12.0. The normalized spacial score (nSPS) is 15.8. The van der Waals surface area contributed by atoms with E-state index in [0.717, 1.165) is 25.3 Å². The van der Waals surface area contributed by atoms with E-state index >= 15 is 0 Å². The molecule has 0 saturated carbocycles. The zero-order chi connectivity index (χ0) is 15.4. The topological polar surface area (TPSA) is 62.2 Å². The molecule has 1 aliphatic rings. The number of amides is 1. The molecule has 3 heterocycles. The van der Waals surface area contributed by atoms with Crippen LogP contribution in [0.1, 0.15) is 16.2 Å². The summed E-state index contributed by atoms with van der Waals surface area (Å²) in [5.41, 5.74) is 1.39. The Hall–Kier alpha value is -2.05. The number of hydrogen-bond acceptors (Lipinski definition) is 5. The Morgan fingerprint density at radius 3 is 2.59 bits per heavy atom. The number of pyridine rings is 1. The second-order valence-electron chi connectivity index (χ2n) is 5.10. The molecule has 114 valence electrons. The molecule has 0 spiro atoms. The van der Waals surface area contributed by atoms with E-state index in [-0.39, 0.29) is 11.2 Å². The van der Waals surface area contributed by atoms with Gasteiger partial charge in [0.1, 0.15) is 5.69 Å². The second-order valence-corrected chi connectivity index (χ2v) is 5.44. The summed E-state index contributed by atoms with van der Waals surface area (Å²) in [6.45, 7) is 3.80. The Labute approximate surface area is 133 Å². The van der Waals surface area contributed by atoms with Crippen LogP contribution in [0.25, 0.3) is 0 Å². The van der Waals surface area contributed by atoms with Crippen molar-refractivity contribution >= 4 is 17.5 Å². The van der Waals surface area contributed by atoms with Gasteiger partial charge in [-0.2, -0.15) is 0 Å². The third-order valence-corrected chi connectivity index (χ3v) is 3.80. The van der Waals surface area contributed by atoms with E-state index < -0.39 is 0 Å². The highest BCUT2D eigenvalue weighted by atomic mass is 35.5. The SMILES string of the molecule is O=C(c1ccnc(Cl)n1)N1CCN(Cc2ccccn2)CC1. The summed E-state index contributed by atoms with van der Waals surface area (Å²) in [6.07, 6.45) is 3.30. The third kappa shape index (κ3) is 3.58. The minimum Gasteiger partial charge on any atom is -0.335 e. The predicted molar refractivity (Wildman–Crippen MR) is 82.5 cm³/mol. The van der Waals surface area contributed by atoms with Gasteiger partial charge in [-0.05, 0) is 29.8 Å². The number of carbonyl (C=O) groups is 1. The summed E-state index contributed by atoms with van der Waals surface area (Å²) in [5.74, 6) is -0.0956. The largest absolute Gasteiger partial charge is 0.335 e. The Morgan fingerprint density at radius 2 is 1.91 bits per heavy atom. The molecule has 0 N–H and O–H groups in total. The van der Waals surface area contributed by atoms with Crippen molar-refractivity contribution in [3.8, 4) is 0 Å². The van der Waals surface area contributed by atoms with Gasteiger partial charge in [-0.15, -0.1) is 0 Å². The smallest absolute Gasteiger partial charge is 0.272 e. The summed E-state index contributed by atoms with van der Waals surface area (Å²) >= 11 is 5.73. The maximum atomic E-state index is 12.4. The number of aromatic nitrogens is 3. The maximum Gasteiger partial charge on any atom is 0.272 e. The van der Waals surface area contributed by atoms with Crippen molar-refractivity contribution in [1.82, 2.24) is 24.8 Å². The molecule has 6 nitrogen and oxygen atoms in total. The number of hydrogen-bond donors (Lipinski definition) is 0. The average molecular weight is 318 g/mol. The molecule has 7 heteroatoms. The van der Waals surface area contributed by atoms with Gasteiger partial charge in [0.25, 0.3) is 5.91 Å². The molecule has 0 radical (unpaired) electrons. The number of nitrogens with zero attached hydrogens (tertiary/aromatic N) is 5. The monoisotopic (exact) mass is 317 g/mol. The highest BCUT2D eigenvalue weighted by Crippen LogP contribution is 2.10. The van der Waals surface area contributed by atoms with Gasteiger partial charge in [0.2, 0.25) is 5.28 Å². The highest BCUT2D eigenvalue weighted by molar-refractivity contribution is 6.28. The van der Waals surface area contributed by atoms with Crippen LogP contribution < -0.4 is 0 Å². The molecule has 1 amide bonds. The van der Waals surface area contributed by atoms with Crippen LogP contribution in [-0.2, 0) is 6.54 Å². The van der Waals surface area contributed by atoms with Crippen molar-refractivity contribution < 1.29 is 4.79 Å². The summed E-state index contributed by atoms with van der Waals surface area (Å²) in [7, 11) is 0. The molecule has 0 atom stereocenters. The summed E-state index contributed by atoms with van der Waals surface area (Å²) < 4.78 is 0. The van der Waals surface area contributed by atoms with Crippen molar-refractivity contribution in [2.45, 2.75) is 6.54 Å². The fourth-order valence-electron chi connectivity index (χ4n) is 2.45. The summed E-state index contributed by atoms with van der Waals surface area (Å²) in [4.78, 5) is 28.6. The molecular formula is C15H16ClN5O. The highest BCUT2D eigenvalue weighted by Gasteiger charge is 2.23. The van der Waals surface area contributed by atoms with Crippen LogP contribution in [-0.4, -0.2) is 56.8 Å². The molecule has 1 saturated heterocycles. The molecule has 2 aromatic heterocycles. The quantitative estimate of drug-likeness (QED) is 0.803. The van der Waals surface area contributed by atoms with Gasteiger partial charge in [-0.25, -0.2) is 9.97 Å². The zero-order valence-corrected chi connectivity index (χ0v) is 12.8. The molecule has 0 bridgehead atoms. The van der Waals surface area contributed by atoms with Gasteiger partial charge in [0.05, 0.1) is 5.69 Å². The summed E-state index contributed by atoms with van der Waals surface area (Å²) in [5, 5.41) is 0.0969. The number of carbonyl (C=O) groups excluding carboxylic acids is 1. The second kappa shape index (κ2) is 6.81. The third-order valence-electron chi connectivity index (χ3n) is 3.62. The van der Waals surface area contributed by atoms with Crippen LogP contribution >= 0.6 is 11.6 Å². The van der Waals surface area contributed by atoms with Crippen LogP contribution in [0.3, 0.4) is 0 Å². The van der Waals surface area contributed by atoms with Crippen molar-refractivity contribution in [3.63, 3.8) is 0 Å². The first-order valence-corrected chi connectivity index (χ1v) is 7.50. The Kier molecular flexibility index (Phi) is 4.60. The van der Waals surface area contributed by atoms with Gasteiger partial charge in [-0.1, -0.05) is 6.07 Å². The van der Waals surface area contributed by atoms with E-state index in [4.69, 9.17) is 11.6 Å². The van der Waals surface area contributed by atoms with Crippen LogP contribution in [0.4, 0.5) is 0 Å². The van der Waals surface area contributed by atoms with Gasteiger partial charge in [0.15, 0.2) is 0 Å². The predicted octanol–water partition coefficient (Wildman–Crippen LogP) is 1.48. The van der Waals surface area contributed by atoms with E-state index in [0.29, 0.717) is 18.8 Å². The first-order valence-electron chi connectivity index (χ1n) is 7.12. The Balaban J connectivity index is 1.56. The van der Waals surface area contributed by atoms with Gasteiger partial charge in [0, 0.05) is 45.1 Å². The first-order chi connectivity index (χ1) is 10.7. The molecule has 0 aromatic carbocycles. The molecule has 0 unspecified atom stereocenters. The van der Waals surface area contributed by atoms with E-state index in [1.54, 1.807) is 17.2 Å². The molecule has 1 aliphatic heterocycles. The van der Waals surface area contributed by atoms with E-state index in [1.165, 1.54) is 6.20 Å². The lowest BCUT2D eigenvalue weighted by Crippen LogP contribution is -2.48. The summed E-state index contributed by atoms with van der Waals surface area (Å²) in [6, 6.07) is 7.50. The number of halogens is 1. The molecule has 3 rings (SSSR count). The van der Waals surface area contributed by atoms with Crippen molar-refractivity contribution in [1.29, 1.82) is 0 Å². The molecule has 2 aromatic rings. The van der Waals surface area contributed by atoms with Crippen LogP contribution in [0.15, 0.2) is 36.7 Å². The number of piperazine rings is 1. The Morgan fingerprint density at radius 1 is 1.09 bits per heavy atom. The van der Waals surface area contributed by atoms with Crippen LogP contribution in [0.2, 0.25) is 5.28 Å². The lowest BCUT2D eigenvalue weighted by molar-refractivity contribution is 0.0621. The lowest BCUT2D eigenvalue weighted by atomic mass is 10.2. The Bertz CT molecular complexity index is 643. The fraction of sp³-hybridized carbons (Fsp3) is 0.333. The van der Waals surface area contributed by atoms with Gasteiger partial charge >= 0.3 is 0 Å². The standard InChI is InChI=1S/C15H16ClN5O/c16-15-18-6-4-13(19-15)14(22)21-9-7-20(8-10-21)11-12-3-1-2-5-17-12/h1-6H,7-11H2. The number of rotatable bonds is 3. The van der Waals surface area contributed by atoms with Gasteiger partial charge < -0.3 is 4.90 Å². The van der Waals surface area contributed by atoms with E-state index in [1.807, 2.05) is 18.2 Å². The van der Waals surface area contributed by atoms with Crippen LogP contribution in [0.5, 0.6) is 0 Å². The average Bonchev–Trinajstić information content (AvgIpc) is 2.56. The minimum absolute atomic E-state index is 0.0956. The molecular weight excluding hydrogens is 302 g/mol. The van der Waals surface area contributed by atoms with E-state index in [9.17, 15) is 4.79 Å². The fourth-order valence-corrected chi connectivity index (χ4v) is 2.59. The maximum absolute atomic E-state index is 12.4. The van der Waals surface area contributed by atoms with Crippen molar-refractivity contribution in [2.24, 2.45) is 0 Å². The first kappa shape index (κ1) is 14.9. The van der Waals surface area contributed by atoms with Crippen molar-refractivity contribution in [3.05, 3.63) is 53.3 Å². The van der Waals surface area contributed by atoms with Gasteiger partial charge in [-0.3, -0.25) is 14.7 Å². The minimum atomic E-state index is -0.0956. The molecule has 1 fully saturated rings.